The Morgan fingerprint density at radius 3 is 2.23 bits per heavy atom. The molecule has 0 saturated carbocycles. The number of aromatic carboxylic acids is 1. The third-order valence-electron chi connectivity index (χ3n) is 6.35. The van der Waals surface area contributed by atoms with Gasteiger partial charge in [0.25, 0.3) is 0 Å². The van der Waals surface area contributed by atoms with E-state index in [4.69, 9.17) is 20.1 Å². The summed E-state index contributed by atoms with van der Waals surface area (Å²) in [4.78, 5) is 21.1. The van der Waals surface area contributed by atoms with Crippen LogP contribution < -0.4 is 21.8 Å². The molecule has 3 aromatic carbocycles. The SMILES string of the molecule is COc1ccc(S(=O)(=O)C(Nc2nc3c(Cc4ccccc4)cccc3cc2C(=O)O)c2cccnc2)cc1.NO.NO. The molecule has 43 heavy (non-hydrogen) atoms. The van der Waals surface area contributed by atoms with Gasteiger partial charge >= 0.3 is 5.97 Å². The Labute approximate surface area is 248 Å². The number of anilines is 1. The number of hydrogen-bond donors (Lipinski definition) is 6. The van der Waals surface area contributed by atoms with E-state index in [1.165, 1.54) is 37.7 Å². The summed E-state index contributed by atoms with van der Waals surface area (Å²) in [5.74, 6) is 6.23. The van der Waals surface area contributed by atoms with Crippen molar-refractivity contribution in [2.45, 2.75) is 16.7 Å². The van der Waals surface area contributed by atoms with Crippen LogP contribution in [0.2, 0.25) is 0 Å². The van der Waals surface area contributed by atoms with Crippen LogP contribution in [-0.4, -0.2) is 47.0 Å². The van der Waals surface area contributed by atoms with Gasteiger partial charge in [0, 0.05) is 23.3 Å². The van der Waals surface area contributed by atoms with Crippen molar-refractivity contribution >= 4 is 32.5 Å². The third kappa shape index (κ3) is 7.68. The van der Waals surface area contributed by atoms with Gasteiger partial charge in [-0.05, 0) is 53.9 Å². The second kappa shape index (κ2) is 15.3. The van der Waals surface area contributed by atoms with E-state index in [0.29, 0.717) is 28.6 Å². The lowest BCUT2D eigenvalue weighted by Gasteiger charge is -2.22. The van der Waals surface area contributed by atoms with Crippen molar-refractivity contribution in [3.05, 3.63) is 126 Å². The molecule has 1 atom stereocenters. The minimum Gasteiger partial charge on any atom is -0.497 e. The molecular weight excluding hydrogens is 574 g/mol. The van der Waals surface area contributed by atoms with E-state index in [1.807, 2.05) is 42.5 Å². The molecule has 1 unspecified atom stereocenters. The normalized spacial score (nSPS) is 11.3. The fraction of sp³-hybridized carbons (Fsp3) is 0.100. The lowest BCUT2D eigenvalue weighted by molar-refractivity contribution is 0.0697. The third-order valence-corrected chi connectivity index (χ3v) is 8.29. The number of carboxylic acids is 1. The molecule has 5 aromatic rings. The quantitative estimate of drug-likeness (QED) is 0.131. The van der Waals surface area contributed by atoms with Crippen LogP contribution in [-0.2, 0) is 16.3 Å². The summed E-state index contributed by atoms with van der Waals surface area (Å²) in [7, 11) is -2.58. The van der Waals surface area contributed by atoms with Crippen molar-refractivity contribution in [3.8, 4) is 5.75 Å². The number of pyridine rings is 2. The maximum atomic E-state index is 13.9. The molecule has 5 rings (SSSR count). The van der Waals surface area contributed by atoms with Gasteiger partial charge in [-0.25, -0.2) is 30.0 Å². The van der Waals surface area contributed by atoms with Crippen LogP contribution in [0.15, 0.2) is 108 Å². The highest BCUT2D eigenvalue weighted by molar-refractivity contribution is 7.91. The molecule has 8 N–H and O–H groups in total. The summed E-state index contributed by atoms with van der Waals surface area (Å²) in [6.45, 7) is 0. The minimum atomic E-state index is -4.07. The lowest BCUT2D eigenvalue weighted by Crippen LogP contribution is -2.24. The molecule has 0 spiro atoms. The summed E-state index contributed by atoms with van der Waals surface area (Å²) < 4.78 is 32.9. The van der Waals surface area contributed by atoms with Gasteiger partial charge in [-0.3, -0.25) is 4.98 Å². The van der Waals surface area contributed by atoms with Crippen molar-refractivity contribution in [2.75, 3.05) is 12.4 Å². The maximum Gasteiger partial charge on any atom is 0.339 e. The molecule has 13 heteroatoms. The average Bonchev–Trinajstić information content (AvgIpc) is 3.06. The van der Waals surface area contributed by atoms with Crippen LogP contribution in [0.3, 0.4) is 0 Å². The second-order valence-corrected chi connectivity index (χ2v) is 10.9. The summed E-state index contributed by atoms with van der Waals surface area (Å²) >= 11 is 0. The Balaban J connectivity index is 0.00000121. The van der Waals surface area contributed by atoms with E-state index in [2.05, 4.69) is 22.1 Å². The minimum absolute atomic E-state index is 0.0343. The molecule has 2 heterocycles. The van der Waals surface area contributed by atoms with Crippen molar-refractivity contribution in [1.82, 2.24) is 9.97 Å². The maximum absolute atomic E-state index is 13.9. The predicted molar refractivity (Wildman–Crippen MR) is 161 cm³/mol. The topological polar surface area (TPSA) is 211 Å². The Morgan fingerprint density at radius 2 is 1.63 bits per heavy atom. The van der Waals surface area contributed by atoms with E-state index in [-0.39, 0.29) is 16.3 Å². The number of benzene rings is 3. The zero-order chi connectivity index (χ0) is 31.4. The van der Waals surface area contributed by atoms with Gasteiger partial charge in [0.05, 0.1) is 17.5 Å². The van der Waals surface area contributed by atoms with E-state index < -0.39 is 21.2 Å². The van der Waals surface area contributed by atoms with Crippen LogP contribution in [0, 0.1) is 0 Å². The van der Waals surface area contributed by atoms with Gasteiger partial charge < -0.3 is 25.6 Å². The molecule has 12 nitrogen and oxygen atoms in total. The van der Waals surface area contributed by atoms with Gasteiger partial charge in [-0.2, -0.15) is 0 Å². The smallest absolute Gasteiger partial charge is 0.339 e. The number of para-hydroxylation sites is 1. The van der Waals surface area contributed by atoms with Crippen LogP contribution in [0.1, 0.15) is 32.4 Å². The fourth-order valence-electron chi connectivity index (χ4n) is 4.39. The molecule has 0 amide bonds. The number of fused-ring (bicyclic) bond motifs is 1. The van der Waals surface area contributed by atoms with Gasteiger partial charge in [0.2, 0.25) is 9.84 Å². The second-order valence-electron chi connectivity index (χ2n) is 8.87. The average molecular weight is 606 g/mol. The van der Waals surface area contributed by atoms with Crippen LogP contribution in [0.25, 0.3) is 10.9 Å². The van der Waals surface area contributed by atoms with Gasteiger partial charge in [-0.1, -0.05) is 54.6 Å². The largest absolute Gasteiger partial charge is 0.497 e. The Bertz CT molecular complexity index is 1740. The number of methoxy groups -OCH3 is 1. The van der Waals surface area contributed by atoms with E-state index in [1.54, 1.807) is 30.3 Å². The number of carboxylic acid groups (broad SMARTS) is 1. The highest BCUT2D eigenvalue weighted by Gasteiger charge is 2.31. The van der Waals surface area contributed by atoms with Crippen molar-refractivity contribution in [1.29, 1.82) is 0 Å². The monoisotopic (exact) mass is 605 g/mol. The summed E-state index contributed by atoms with van der Waals surface area (Å²) in [5, 5.41) is 25.3. The molecule has 0 bridgehead atoms. The number of nitrogens with zero attached hydrogens (tertiary/aromatic N) is 2. The van der Waals surface area contributed by atoms with E-state index in [9.17, 15) is 18.3 Å². The first-order chi connectivity index (χ1) is 20.9. The molecule has 0 aliphatic carbocycles. The molecule has 0 aliphatic rings. The molecule has 0 fully saturated rings. The number of rotatable bonds is 9. The summed E-state index contributed by atoms with van der Waals surface area (Å²) in [6, 6.07) is 26.2. The Morgan fingerprint density at radius 1 is 0.930 bits per heavy atom. The van der Waals surface area contributed by atoms with Crippen molar-refractivity contribution < 1.29 is 33.5 Å². The predicted octanol–water partition coefficient (Wildman–Crippen LogP) is 4.18. The van der Waals surface area contributed by atoms with Crippen LogP contribution in [0.4, 0.5) is 5.82 Å². The number of nitrogens with one attached hydrogen (secondary N) is 1. The number of sulfone groups is 1. The van der Waals surface area contributed by atoms with Crippen molar-refractivity contribution in [3.63, 3.8) is 0 Å². The van der Waals surface area contributed by atoms with E-state index >= 15 is 0 Å². The van der Waals surface area contributed by atoms with Gasteiger partial charge in [0.1, 0.15) is 17.1 Å². The molecule has 0 radical (unpaired) electrons. The number of hydrogen-bond acceptors (Lipinski definition) is 11. The first kappa shape index (κ1) is 32.6. The summed E-state index contributed by atoms with van der Waals surface area (Å²) in [5.41, 5.74) is 2.73. The fourth-order valence-corrected chi connectivity index (χ4v) is 5.94. The Kier molecular flexibility index (Phi) is 11.6. The summed E-state index contributed by atoms with van der Waals surface area (Å²) in [6.07, 6.45) is 3.54. The molecule has 0 aliphatic heterocycles. The van der Waals surface area contributed by atoms with Crippen molar-refractivity contribution in [2.24, 2.45) is 11.8 Å². The standard InChI is InChI=1S/C30H25N3O5S.2H3NO/c1-38-24-12-14-25(15-13-24)39(36,37)29(23-11-6-16-31-19-23)33-28-26(30(34)35)18-22-10-5-9-21(27(22)32-28)17-20-7-3-2-4-8-20;2*1-2/h2-16,18-19,29H,17H2,1H3,(H,32,33)(H,34,35);2*2H,1H2. The molecule has 224 valence electrons. The molecule has 2 aromatic heterocycles. The number of ether oxygens (including phenoxy) is 1. The molecular formula is C30H31N5O7S. The van der Waals surface area contributed by atoms with Crippen LogP contribution in [0.5, 0.6) is 5.75 Å². The highest BCUT2D eigenvalue weighted by Crippen LogP contribution is 2.33. The first-order valence-corrected chi connectivity index (χ1v) is 14.2. The number of aromatic nitrogens is 2. The molecule has 0 saturated heterocycles. The van der Waals surface area contributed by atoms with Gasteiger partial charge in [-0.15, -0.1) is 0 Å². The lowest BCUT2D eigenvalue weighted by atomic mass is 10.0. The Hall–Kier alpha value is -4.92. The van der Waals surface area contributed by atoms with E-state index in [0.717, 1.165) is 11.1 Å². The zero-order valence-electron chi connectivity index (χ0n) is 23.0. The number of carbonyl (C=O) groups is 1. The van der Waals surface area contributed by atoms with Gasteiger partial charge in [0.15, 0.2) is 5.37 Å². The first-order valence-electron chi connectivity index (χ1n) is 12.6. The number of nitrogens with two attached hydrogens (primary N) is 2. The zero-order valence-corrected chi connectivity index (χ0v) is 23.8. The van der Waals surface area contributed by atoms with Crippen LogP contribution >= 0.6 is 0 Å². The highest BCUT2D eigenvalue weighted by atomic mass is 32.2.